The summed E-state index contributed by atoms with van der Waals surface area (Å²) in [5, 5.41) is 4.54. The first kappa shape index (κ1) is 10.9. The fourth-order valence-corrected chi connectivity index (χ4v) is 1.66. The highest BCUT2D eigenvalue weighted by atomic mass is 35.5. The van der Waals surface area contributed by atoms with E-state index in [9.17, 15) is 4.79 Å². The third-order valence-corrected chi connectivity index (χ3v) is 2.51. The molecule has 0 bridgehead atoms. The van der Waals surface area contributed by atoms with E-state index in [0.717, 1.165) is 5.69 Å². The highest BCUT2D eigenvalue weighted by Gasteiger charge is 2.08. The molecule has 0 fully saturated rings. The van der Waals surface area contributed by atoms with Crippen LogP contribution in [0.5, 0.6) is 0 Å². The first-order valence-corrected chi connectivity index (χ1v) is 5.13. The summed E-state index contributed by atoms with van der Waals surface area (Å²) in [6, 6.07) is 6.85. The van der Waals surface area contributed by atoms with Crippen LogP contribution in [0.15, 0.2) is 36.7 Å². The quantitative estimate of drug-likeness (QED) is 0.824. The molecule has 4 nitrogen and oxygen atoms in total. The molecule has 0 amide bonds. The van der Waals surface area contributed by atoms with Gasteiger partial charge in [-0.2, -0.15) is 5.10 Å². The molecule has 0 saturated heterocycles. The van der Waals surface area contributed by atoms with E-state index in [1.807, 2.05) is 0 Å². The van der Waals surface area contributed by atoms with Gasteiger partial charge in [-0.25, -0.2) is 4.68 Å². The lowest BCUT2D eigenvalue weighted by Gasteiger charge is -2.05. The summed E-state index contributed by atoms with van der Waals surface area (Å²) in [6.45, 7) is -0.0164. The third-order valence-electron chi connectivity index (χ3n) is 2.21. The molecule has 0 aliphatic heterocycles. The summed E-state index contributed by atoms with van der Waals surface area (Å²) in [5.41, 5.74) is 6.53. The van der Waals surface area contributed by atoms with E-state index in [2.05, 4.69) is 5.10 Å². The molecule has 0 radical (unpaired) electrons. The molecule has 0 spiro atoms. The lowest BCUT2D eigenvalue weighted by Crippen LogP contribution is -2.13. The number of ketones is 1. The third kappa shape index (κ3) is 1.98. The van der Waals surface area contributed by atoms with Crippen molar-refractivity contribution in [2.45, 2.75) is 0 Å². The van der Waals surface area contributed by atoms with Gasteiger partial charge in [-0.05, 0) is 24.3 Å². The number of carbonyl (C=O) groups is 1. The molecule has 16 heavy (non-hydrogen) atoms. The normalized spacial score (nSPS) is 10.4. The van der Waals surface area contributed by atoms with Gasteiger partial charge in [0.2, 0.25) is 0 Å². The maximum Gasteiger partial charge on any atom is 0.176 e. The summed E-state index contributed by atoms with van der Waals surface area (Å²) in [7, 11) is 0. The fraction of sp³-hybridized carbons (Fsp3) is 0.0909. The van der Waals surface area contributed by atoms with Crippen LogP contribution in [0.4, 0.5) is 0 Å². The molecular formula is C11H10ClN3O. The van der Waals surface area contributed by atoms with Gasteiger partial charge in [-0.1, -0.05) is 11.6 Å². The van der Waals surface area contributed by atoms with Crippen LogP contribution >= 0.6 is 11.6 Å². The van der Waals surface area contributed by atoms with Crippen molar-refractivity contribution >= 4 is 17.4 Å². The fourth-order valence-electron chi connectivity index (χ4n) is 1.40. The summed E-state index contributed by atoms with van der Waals surface area (Å²) in [5.74, 6) is -0.131. The monoisotopic (exact) mass is 235 g/mol. The first-order chi connectivity index (χ1) is 7.72. The molecule has 2 rings (SSSR count). The van der Waals surface area contributed by atoms with Crippen molar-refractivity contribution in [1.29, 1.82) is 0 Å². The van der Waals surface area contributed by atoms with Gasteiger partial charge < -0.3 is 5.73 Å². The Labute approximate surface area is 97.6 Å². The summed E-state index contributed by atoms with van der Waals surface area (Å²) < 4.78 is 1.64. The van der Waals surface area contributed by atoms with Crippen molar-refractivity contribution < 1.29 is 4.79 Å². The Morgan fingerprint density at radius 1 is 1.50 bits per heavy atom. The molecular weight excluding hydrogens is 226 g/mol. The SMILES string of the molecule is NCC(=O)c1ccc(-n2cccn2)c(Cl)c1. The summed E-state index contributed by atoms with van der Waals surface area (Å²) >= 11 is 6.07. The number of nitrogens with zero attached hydrogens (tertiary/aromatic N) is 2. The Kier molecular flexibility index (Phi) is 3.03. The highest BCUT2D eigenvalue weighted by molar-refractivity contribution is 6.32. The molecule has 5 heteroatoms. The molecule has 0 saturated carbocycles. The van der Waals surface area contributed by atoms with Crippen LogP contribution in [0.1, 0.15) is 10.4 Å². The van der Waals surface area contributed by atoms with E-state index >= 15 is 0 Å². The minimum absolute atomic E-state index is 0.0164. The van der Waals surface area contributed by atoms with Gasteiger partial charge >= 0.3 is 0 Å². The Bertz CT molecular complexity index is 508. The lowest BCUT2D eigenvalue weighted by atomic mass is 10.1. The van der Waals surface area contributed by atoms with E-state index < -0.39 is 0 Å². The number of rotatable bonds is 3. The van der Waals surface area contributed by atoms with Gasteiger partial charge in [0.05, 0.1) is 17.3 Å². The van der Waals surface area contributed by atoms with Gasteiger partial charge in [0.1, 0.15) is 0 Å². The minimum Gasteiger partial charge on any atom is -0.324 e. The van der Waals surface area contributed by atoms with E-state index in [1.54, 1.807) is 41.3 Å². The number of hydrogen-bond donors (Lipinski definition) is 1. The lowest BCUT2D eigenvalue weighted by molar-refractivity contribution is 0.100. The number of carbonyl (C=O) groups excluding carboxylic acids is 1. The molecule has 82 valence electrons. The smallest absolute Gasteiger partial charge is 0.176 e. The summed E-state index contributed by atoms with van der Waals surface area (Å²) in [6.07, 6.45) is 3.45. The van der Waals surface area contributed by atoms with Gasteiger partial charge in [-0.15, -0.1) is 0 Å². The van der Waals surface area contributed by atoms with Crippen molar-refractivity contribution in [2.24, 2.45) is 5.73 Å². The zero-order valence-corrected chi connectivity index (χ0v) is 9.19. The predicted molar refractivity (Wildman–Crippen MR) is 62.0 cm³/mol. The second-order valence-corrected chi connectivity index (χ2v) is 3.65. The largest absolute Gasteiger partial charge is 0.324 e. The second-order valence-electron chi connectivity index (χ2n) is 3.24. The Morgan fingerprint density at radius 3 is 2.88 bits per heavy atom. The average Bonchev–Trinajstić information content (AvgIpc) is 2.81. The van der Waals surface area contributed by atoms with Crippen LogP contribution in [-0.4, -0.2) is 22.1 Å². The van der Waals surface area contributed by atoms with Crippen molar-refractivity contribution in [3.63, 3.8) is 0 Å². The van der Waals surface area contributed by atoms with Crippen molar-refractivity contribution in [3.8, 4) is 5.69 Å². The Hall–Kier alpha value is -1.65. The van der Waals surface area contributed by atoms with Gasteiger partial charge in [0.25, 0.3) is 0 Å². The maximum atomic E-state index is 11.4. The zero-order valence-electron chi connectivity index (χ0n) is 8.43. The molecule has 2 aromatic rings. The van der Waals surface area contributed by atoms with Crippen molar-refractivity contribution in [2.75, 3.05) is 6.54 Å². The van der Waals surface area contributed by atoms with Crippen molar-refractivity contribution in [3.05, 3.63) is 47.2 Å². The number of benzene rings is 1. The van der Waals surface area contributed by atoms with Crippen LogP contribution < -0.4 is 5.73 Å². The second kappa shape index (κ2) is 4.47. The molecule has 1 heterocycles. The van der Waals surface area contributed by atoms with Gasteiger partial charge in [-0.3, -0.25) is 4.79 Å². The van der Waals surface area contributed by atoms with Crippen LogP contribution in [0.2, 0.25) is 5.02 Å². The van der Waals surface area contributed by atoms with Crippen LogP contribution in [0, 0.1) is 0 Å². The molecule has 0 unspecified atom stereocenters. The van der Waals surface area contributed by atoms with E-state index in [4.69, 9.17) is 17.3 Å². The standard InChI is InChI=1S/C11H10ClN3O/c12-9-6-8(11(16)7-13)2-3-10(9)15-5-1-4-14-15/h1-6H,7,13H2. The molecule has 0 aliphatic carbocycles. The number of Topliss-reactive ketones (excluding diaryl/α,β-unsaturated/α-hetero) is 1. The minimum atomic E-state index is -0.131. The van der Waals surface area contributed by atoms with E-state index in [0.29, 0.717) is 10.6 Å². The van der Waals surface area contributed by atoms with Gasteiger partial charge in [0.15, 0.2) is 5.78 Å². The molecule has 1 aromatic heterocycles. The number of hydrogen-bond acceptors (Lipinski definition) is 3. The number of aromatic nitrogens is 2. The van der Waals surface area contributed by atoms with Gasteiger partial charge in [0, 0.05) is 18.0 Å². The predicted octanol–water partition coefficient (Wildman–Crippen LogP) is 1.67. The molecule has 0 aliphatic rings. The van der Waals surface area contributed by atoms with Crippen molar-refractivity contribution in [1.82, 2.24) is 9.78 Å². The first-order valence-electron chi connectivity index (χ1n) is 4.75. The highest BCUT2D eigenvalue weighted by Crippen LogP contribution is 2.21. The topological polar surface area (TPSA) is 60.9 Å². The van der Waals surface area contributed by atoms with E-state index in [1.165, 1.54) is 0 Å². The zero-order chi connectivity index (χ0) is 11.5. The van der Waals surface area contributed by atoms with E-state index in [-0.39, 0.29) is 12.3 Å². The van der Waals surface area contributed by atoms with Crippen LogP contribution in [0.3, 0.4) is 0 Å². The molecule has 0 atom stereocenters. The molecule has 2 N–H and O–H groups in total. The Balaban J connectivity index is 2.41. The van der Waals surface area contributed by atoms with Crippen LogP contribution in [0.25, 0.3) is 5.69 Å². The average molecular weight is 236 g/mol. The molecule has 1 aromatic carbocycles. The summed E-state index contributed by atoms with van der Waals surface area (Å²) in [4.78, 5) is 11.4. The maximum absolute atomic E-state index is 11.4. The number of halogens is 1. The number of nitrogens with two attached hydrogens (primary N) is 1. The Morgan fingerprint density at radius 2 is 2.31 bits per heavy atom. The van der Waals surface area contributed by atoms with Crippen LogP contribution in [-0.2, 0) is 0 Å².